The summed E-state index contributed by atoms with van der Waals surface area (Å²) in [6, 6.07) is 27.2. The first-order chi connectivity index (χ1) is 18.7. The van der Waals surface area contributed by atoms with E-state index in [0.717, 1.165) is 43.5 Å². The maximum absolute atomic E-state index is 12.6. The molecular weight excluding hydrogens is 510 g/mol. The lowest BCUT2D eigenvalue weighted by Crippen LogP contribution is -2.50. The van der Waals surface area contributed by atoms with Gasteiger partial charge in [0.1, 0.15) is 5.75 Å². The van der Waals surface area contributed by atoms with Gasteiger partial charge in [-0.15, -0.1) is 0 Å². The fourth-order valence-corrected chi connectivity index (χ4v) is 6.16. The Hall–Kier alpha value is -3.20. The maximum atomic E-state index is 12.6. The molecule has 3 aromatic carbocycles. The number of ether oxygens (including phenoxy) is 1. The van der Waals surface area contributed by atoms with Crippen LogP contribution in [-0.4, -0.2) is 34.0 Å². The lowest BCUT2D eigenvalue weighted by Gasteiger charge is -2.41. The molecule has 208 valence electrons. The van der Waals surface area contributed by atoms with Crippen molar-refractivity contribution >= 4 is 16.1 Å². The molecule has 3 N–H and O–H groups in total. The Balaban J connectivity index is 1.40. The first-order valence-electron chi connectivity index (χ1n) is 13.5. The van der Waals surface area contributed by atoms with E-state index in [0.29, 0.717) is 6.04 Å². The summed E-state index contributed by atoms with van der Waals surface area (Å²) in [5.74, 6) is -0.213. The van der Waals surface area contributed by atoms with E-state index >= 15 is 0 Å². The number of nitrogens with one attached hydrogen (secondary N) is 3. The minimum absolute atomic E-state index is 0.203. The van der Waals surface area contributed by atoms with Crippen LogP contribution in [-0.2, 0) is 27.0 Å². The third-order valence-electron chi connectivity index (χ3n) is 7.64. The van der Waals surface area contributed by atoms with Crippen LogP contribution in [0.5, 0.6) is 5.75 Å². The summed E-state index contributed by atoms with van der Waals surface area (Å²) in [6.07, 6.45) is 3.40. The molecule has 1 aliphatic carbocycles. The number of amides is 1. The number of rotatable bonds is 11. The maximum Gasteiger partial charge on any atom is 0.301 e. The second kappa shape index (κ2) is 12.8. The Morgan fingerprint density at radius 2 is 1.62 bits per heavy atom. The Labute approximate surface area is 232 Å². The zero-order valence-electron chi connectivity index (χ0n) is 22.9. The van der Waals surface area contributed by atoms with Crippen LogP contribution in [0.25, 0.3) is 11.1 Å². The SMILES string of the molecule is COc1cccc([C@]2(CNS(=O)(=O)NC(=O)C(C)C)CC[C@@H](NCc3ccc(-c4ccccc4)cc3)CC2)c1. The van der Waals surface area contributed by atoms with Gasteiger partial charge < -0.3 is 10.1 Å². The molecule has 1 fully saturated rings. The zero-order valence-corrected chi connectivity index (χ0v) is 23.8. The highest BCUT2D eigenvalue weighted by Gasteiger charge is 2.38. The highest BCUT2D eigenvalue weighted by molar-refractivity contribution is 7.88. The van der Waals surface area contributed by atoms with Crippen molar-refractivity contribution in [3.8, 4) is 16.9 Å². The molecule has 0 spiro atoms. The Morgan fingerprint density at radius 1 is 0.949 bits per heavy atom. The van der Waals surface area contributed by atoms with Gasteiger partial charge in [0.25, 0.3) is 0 Å². The fraction of sp³-hybridized carbons (Fsp3) is 0.387. The van der Waals surface area contributed by atoms with Crippen molar-refractivity contribution in [2.45, 2.75) is 57.5 Å². The molecule has 3 aromatic rings. The van der Waals surface area contributed by atoms with Crippen molar-refractivity contribution in [2.24, 2.45) is 5.92 Å². The third kappa shape index (κ3) is 7.68. The molecule has 1 saturated carbocycles. The van der Waals surface area contributed by atoms with Crippen molar-refractivity contribution in [1.82, 2.24) is 14.8 Å². The first-order valence-corrected chi connectivity index (χ1v) is 15.0. The van der Waals surface area contributed by atoms with Gasteiger partial charge in [0, 0.05) is 30.5 Å². The van der Waals surface area contributed by atoms with Gasteiger partial charge in [0.05, 0.1) is 7.11 Å². The predicted octanol–water partition coefficient (Wildman–Crippen LogP) is 4.94. The largest absolute Gasteiger partial charge is 0.497 e. The van der Waals surface area contributed by atoms with E-state index in [-0.39, 0.29) is 6.54 Å². The summed E-state index contributed by atoms with van der Waals surface area (Å²) in [5, 5.41) is 3.70. The summed E-state index contributed by atoms with van der Waals surface area (Å²) in [5.41, 5.74) is 4.27. The van der Waals surface area contributed by atoms with Gasteiger partial charge in [-0.3, -0.25) is 4.79 Å². The van der Waals surface area contributed by atoms with Crippen LogP contribution >= 0.6 is 0 Å². The average molecular weight is 550 g/mol. The van der Waals surface area contributed by atoms with Gasteiger partial charge >= 0.3 is 10.2 Å². The van der Waals surface area contributed by atoms with E-state index in [1.54, 1.807) is 21.0 Å². The van der Waals surface area contributed by atoms with Crippen LogP contribution in [0.1, 0.15) is 50.7 Å². The number of carbonyl (C=O) groups is 1. The summed E-state index contributed by atoms with van der Waals surface area (Å²) in [6.45, 7) is 4.30. The van der Waals surface area contributed by atoms with Crippen LogP contribution in [0.15, 0.2) is 78.9 Å². The van der Waals surface area contributed by atoms with Crippen LogP contribution in [0.3, 0.4) is 0 Å². The molecule has 0 saturated heterocycles. The molecule has 0 aromatic heterocycles. The summed E-state index contributed by atoms with van der Waals surface area (Å²) in [4.78, 5) is 12.0. The van der Waals surface area contributed by atoms with Crippen molar-refractivity contribution in [3.05, 3.63) is 90.0 Å². The van der Waals surface area contributed by atoms with E-state index in [2.05, 4.69) is 51.2 Å². The molecule has 8 heteroatoms. The summed E-state index contributed by atoms with van der Waals surface area (Å²) >= 11 is 0. The number of hydrogen-bond donors (Lipinski definition) is 3. The number of benzene rings is 3. The van der Waals surface area contributed by atoms with Crippen molar-refractivity contribution in [3.63, 3.8) is 0 Å². The molecule has 0 radical (unpaired) electrons. The summed E-state index contributed by atoms with van der Waals surface area (Å²) in [7, 11) is -2.34. The molecule has 4 rings (SSSR count). The van der Waals surface area contributed by atoms with Gasteiger partial charge in [-0.05, 0) is 60.1 Å². The van der Waals surface area contributed by atoms with Crippen LogP contribution in [0.4, 0.5) is 0 Å². The summed E-state index contributed by atoms with van der Waals surface area (Å²) < 4.78 is 35.5. The Bertz CT molecular complexity index is 1330. The topological polar surface area (TPSA) is 96.5 Å². The van der Waals surface area contributed by atoms with E-state index in [1.165, 1.54) is 16.7 Å². The normalized spacial score (nSPS) is 19.5. The van der Waals surface area contributed by atoms with E-state index in [1.807, 2.05) is 42.5 Å². The van der Waals surface area contributed by atoms with E-state index in [4.69, 9.17) is 4.74 Å². The Morgan fingerprint density at radius 3 is 2.26 bits per heavy atom. The molecule has 0 atom stereocenters. The monoisotopic (exact) mass is 549 g/mol. The average Bonchev–Trinajstić information content (AvgIpc) is 2.96. The highest BCUT2D eigenvalue weighted by Crippen LogP contribution is 2.40. The first kappa shape index (κ1) is 28.8. The smallest absolute Gasteiger partial charge is 0.301 e. The predicted molar refractivity (Wildman–Crippen MR) is 156 cm³/mol. The second-order valence-corrected chi connectivity index (χ2v) is 12.2. The van der Waals surface area contributed by atoms with Gasteiger partial charge in [0.2, 0.25) is 5.91 Å². The zero-order chi connectivity index (χ0) is 27.9. The molecule has 1 amide bonds. The molecule has 1 aliphatic rings. The molecule has 0 unspecified atom stereocenters. The van der Waals surface area contributed by atoms with Crippen molar-refractivity contribution in [2.75, 3.05) is 13.7 Å². The van der Waals surface area contributed by atoms with E-state index in [9.17, 15) is 13.2 Å². The fourth-order valence-electron chi connectivity index (χ4n) is 5.12. The van der Waals surface area contributed by atoms with Gasteiger partial charge in [-0.25, -0.2) is 4.72 Å². The highest BCUT2D eigenvalue weighted by atomic mass is 32.2. The Kier molecular flexibility index (Phi) is 9.43. The van der Waals surface area contributed by atoms with Crippen molar-refractivity contribution in [1.29, 1.82) is 0 Å². The van der Waals surface area contributed by atoms with E-state index < -0.39 is 27.4 Å². The molecule has 7 nitrogen and oxygen atoms in total. The molecule has 39 heavy (non-hydrogen) atoms. The van der Waals surface area contributed by atoms with Gasteiger partial charge in [0.15, 0.2) is 0 Å². The van der Waals surface area contributed by atoms with Gasteiger partial charge in [-0.2, -0.15) is 13.1 Å². The molecular formula is C31H39N3O4S. The number of methoxy groups -OCH3 is 1. The quantitative estimate of drug-likeness (QED) is 0.315. The van der Waals surface area contributed by atoms with Crippen molar-refractivity contribution < 1.29 is 17.9 Å². The number of carbonyl (C=O) groups excluding carboxylic acids is 1. The lowest BCUT2D eigenvalue weighted by molar-refractivity contribution is -0.122. The molecule has 0 aliphatic heterocycles. The van der Waals surface area contributed by atoms with Crippen LogP contribution in [0.2, 0.25) is 0 Å². The number of hydrogen-bond acceptors (Lipinski definition) is 5. The molecule has 0 bridgehead atoms. The minimum atomic E-state index is -3.97. The van der Waals surface area contributed by atoms with Gasteiger partial charge in [-0.1, -0.05) is 80.6 Å². The third-order valence-corrected chi connectivity index (χ3v) is 8.63. The van der Waals surface area contributed by atoms with Crippen LogP contribution in [0, 0.1) is 5.92 Å². The molecule has 0 heterocycles. The lowest BCUT2D eigenvalue weighted by atomic mass is 9.68. The minimum Gasteiger partial charge on any atom is -0.497 e. The second-order valence-electron chi connectivity index (χ2n) is 10.7. The standard InChI is InChI=1S/C31H39N3O4S/c1-23(2)30(35)34-39(36,37)33-22-31(27-10-7-11-29(20-27)38-3)18-16-28(17-19-31)32-21-24-12-14-26(15-13-24)25-8-5-4-6-9-25/h4-15,20,23,28,32-33H,16-19,21-22H2,1-3H3,(H,34,35)/t28-,31-. The van der Waals surface area contributed by atoms with Crippen LogP contribution < -0.4 is 19.5 Å².